The maximum Gasteiger partial charge on any atom is 0.120 e. The highest BCUT2D eigenvalue weighted by molar-refractivity contribution is 5.31. The Kier molecular flexibility index (Phi) is 6.65. The second-order valence-electron chi connectivity index (χ2n) is 5.16. The normalized spacial score (nSPS) is 12.5. The standard InChI is InChI=1S/C17H27NO/c1-6-14(5)11-17(18-7-2)15-9-8-10-16(12-15)19-13(3)4/h8-10,12-13,17-18H,5-7,11H2,1-4H3. The quantitative estimate of drug-likeness (QED) is 0.697. The zero-order chi connectivity index (χ0) is 14.3. The van der Waals surface area contributed by atoms with Crippen LogP contribution < -0.4 is 10.1 Å². The lowest BCUT2D eigenvalue weighted by molar-refractivity contribution is 0.242. The molecular formula is C17H27NO. The summed E-state index contributed by atoms with van der Waals surface area (Å²) in [7, 11) is 0. The van der Waals surface area contributed by atoms with Crippen LogP contribution in [0.15, 0.2) is 36.4 Å². The summed E-state index contributed by atoms with van der Waals surface area (Å²) >= 11 is 0. The zero-order valence-electron chi connectivity index (χ0n) is 12.7. The Morgan fingerprint density at radius 1 is 1.32 bits per heavy atom. The second kappa shape index (κ2) is 8.00. The van der Waals surface area contributed by atoms with Gasteiger partial charge in [-0.25, -0.2) is 0 Å². The van der Waals surface area contributed by atoms with Gasteiger partial charge in [0.25, 0.3) is 0 Å². The lowest BCUT2D eigenvalue weighted by atomic mass is 9.98. The molecule has 0 saturated heterocycles. The summed E-state index contributed by atoms with van der Waals surface area (Å²) < 4.78 is 5.76. The Balaban J connectivity index is 2.85. The van der Waals surface area contributed by atoms with Gasteiger partial charge in [0.05, 0.1) is 6.10 Å². The molecule has 0 bridgehead atoms. The van der Waals surface area contributed by atoms with Crippen molar-refractivity contribution in [3.63, 3.8) is 0 Å². The monoisotopic (exact) mass is 261 g/mol. The van der Waals surface area contributed by atoms with Crippen molar-refractivity contribution in [3.8, 4) is 5.75 Å². The van der Waals surface area contributed by atoms with Gasteiger partial charge in [-0.3, -0.25) is 0 Å². The summed E-state index contributed by atoms with van der Waals surface area (Å²) in [6.07, 6.45) is 2.22. The maximum atomic E-state index is 5.76. The fourth-order valence-corrected chi connectivity index (χ4v) is 2.06. The Morgan fingerprint density at radius 3 is 2.63 bits per heavy atom. The Hall–Kier alpha value is -1.28. The zero-order valence-corrected chi connectivity index (χ0v) is 12.7. The van der Waals surface area contributed by atoms with Crippen LogP contribution >= 0.6 is 0 Å². The van der Waals surface area contributed by atoms with Crippen molar-refractivity contribution in [2.24, 2.45) is 0 Å². The largest absolute Gasteiger partial charge is 0.491 e. The first-order valence-electron chi connectivity index (χ1n) is 7.23. The van der Waals surface area contributed by atoms with E-state index >= 15 is 0 Å². The van der Waals surface area contributed by atoms with E-state index in [0.29, 0.717) is 6.04 Å². The number of rotatable bonds is 8. The predicted molar refractivity (Wildman–Crippen MR) is 82.7 cm³/mol. The van der Waals surface area contributed by atoms with Gasteiger partial charge >= 0.3 is 0 Å². The molecule has 0 aromatic heterocycles. The third kappa shape index (κ3) is 5.48. The van der Waals surface area contributed by atoms with Crippen LogP contribution in [0.4, 0.5) is 0 Å². The topological polar surface area (TPSA) is 21.3 Å². The Bertz CT molecular complexity index is 398. The van der Waals surface area contributed by atoms with Crippen molar-refractivity contribution in [1.82, 2.24) is 5.32 Å². The number of ether oxygens (including phenoxy) is 1. The van der Waals surface area contributed by atoms with E-state index in [0.717, 1.165) is 25.1 Å². The SMILES string of the molecule is C=C(CC)CC(NCC)c1cccc(OC(C)C)c1. The average Bonchev–Trinajstić information content (AvgIpc) is 2.37. The second-order valence-corrected chi connectivity index (χ2v) is 5.16. The van der Waals surface area contributed by atoms with Crippen LogP contribution in [-0.4, -0.2) is 12.6 Å². The number of hydrogen-bond acceptors (Lipinski definition) is 2. The molecular weight excluding hydrogens is 234 g/mol. The van der Waals surface area contributed by atoms with Crippen molar-refractivity contribution in [1.29, 1.82) is 0 Å². The van der Waals surface area contributed by atoms with E-state index in [1.807, 2.05) is 19.9 Å². The minimum atomic E-state index is 0.207. The van der Waals surface area contributed by atoms with Crippen molar-refractivity contribution < 1.29 is 4.74 Å². The molecule has 2 heteroatoms. The molecule has 1 unspecified atom stereocenters. The highest BCUT2D eigenvalue weighted by atomic mass is 16.5. The fourth-order valence-electron chi connectivity index (χ4n) is 2.06. The molecule has 106 valence electrons. The molecule has 2 nitrogen and oxygen atoms in total. The Labute approximate surface area is 117 Å². The summed E-state index contributed by atoms with van der Waals surface area (Å²) in [5.41, 5.74) is 2.55. The smallest absolute Gasteiger partial charge is 0.120 e. The molecule has 0 aliphatic heterocycles. The molecule has 19 heavy (non-hydrogen) atoms. The van der Waals surface area contributed by atoms with Gasteiger partial charge in [0, 0.05) is 6.04 Å². The fraction of sp³-hybridized carbons (Fsp3) is 0.529. The third-order valence-electron chi connectivity index (χ3n) is 3.08. The number of hydrogen-bond donors (Lipinski definition) is 1. The van der Waals surface area contributed by atoms with Crippen molar-refractivity contribution in [3.05, 3.63) is 42.0 Å². The molecule has 0 amide bonds. The summed E-state index contributed by atoms with van der Waals surface area (Å²) in [4.78, 5) is 0. The Morgan fingerprint density at radius 2 is 2.05 bits per heavy atom. The molecule has 0 aliphatic rings. The number of nitrogens with one attached hydrogen (secondary N) is 1. The lowest BCUT2D eigenvalue weighted by Crippen LogP contribution is -2.21. The lowest BCUT2D eigenvalue weighted by Gasteiger charge is -2.20. The van der Waals surface area contributed by atoms with Crippen molar-refractivity contribution >= 4 is 0 Å². The predicted octanol–water partition coefficient (Wildman–Crippen LogP) is 4.48. The average molecular weight is 261 g/mol. The molecule has 1 atom stereocenters. The van der Waals surface area contributed by atoms with Gasteiger partial charge in [-0.15, -0.1) is 0 Å². The van der Waals surface area contributed by atoms with Crippen LogP contribution in [0.2, 0.25) is 0 Å². The summed E-state index contributed by atoms with van der Waals surface area (Å²) in [5.74, 6) is 0.942. The molecule has 0 fully saturated rings. The van der Waals surface area contributed by atoms with Gasteiger partial charge in [0.15, 0.2) is 0 Å². The minimum absolute atomic E-state index is 0.207. The maximum absolute atomic E-state index is 5.76. The van der Waals surface area contributed by atoms with Crippen LogP contribution in [0.25, 0.3) is 0 Å². The van der Waals surface area contributed by atoms with E-state index in [1.54, 1.807) is 0 Å². The molecule has 0 radical (unpaired) electrons. The van der Waals surface area contributed by atoms with Crippen molar-refractivity contribution in [2.75, 3.05) is 6.54 Å². The molecule has 1 aromatic carbocycles. The summed E-state index contributed by atoms with van der Waals surface area (Å²) in [5, 5.41) is 3.53. The van der Waals surface area contributed by atoms with Gasteiger partial charge < -0.3 is 10.1 Å². The van der Waals surface area contributed by atoms with E-state index in [2.05, 4.69) is 43.9 Å². The molecule has 1 rings (SSSR count). The first-order chi connectivity index (χ1) is 9.06. The van der Waals surface area contributed by atoms with E-state index in [4.69, 9.17) is 4.74 Å². The van der Waals surface area contributed by atoms with Crippen molar-refractivity contribution in [2.45, 2.75) is 52.7 Å². The minimum Gasteiger partial charge on any atom is -0.491 e. The van der Waals surface area contributed by atoms with E-state index < -0.39 is 0 Å². The number of benzene rings is 1. The molecule has 1 N–H and O–H groups in total. The molecule has 0 saturated carbocycles. The molecule has 0 aliphatic carbocycles. The summed E-state index contributed by atoms with van der Waals surface area (Å²) in [6.45, 7) is 13.5. The van der Waals surface area contributed by atoms with Gasteiger partial charge in [-0.1, -0.05) is 38.1 Å². The van der Waals surface area contributed by atoms with Gasteiger partial charge in [-0.2, -0.15) is 0 Å². The van der Waals surface area contributed by atoms with Gasteiger partial charge in [0.1, 0.15) is 5.75 Å². The first kappa shape index (κ1) is 15.8. The molecule has 0 heterocycles. The molecule has 1 aromatic rings. The van der Waals surface area contributed by atoms with E-state index in [9.17, 15) is 0 Å². The molecule has 0 spiro atoms. The van der Waals surface area contributed by atoms with Crippen LogP contribution in [0.1, 0.15) is 52.1 Å². The third-order valence-corrected chi connectivity index (χ3v) is 3.08. The highest BCUT2D eigenvalue weighted by Crippen LogP contribution is 2.25. The first-order valence-corrected chi connectivity index (χ1v) is 7.23. The highest BCUT2D eigenvalue weighted by Gasteiger charge is 2.12. The van der Waals surface area contributed by atoms with E-state index in [1.165, 1.54) is 11.1 Å². The van der Waals surface area contributed by atoms with Crippen LogP contribution in [0.5, 0.6) is 5.75 Å². The summed E-state index contributed by atoms with van der Waals surface area (Å²) in [6, 6.07) is 8.70. The van der Waals surface area contributed by atoms with Crippen LogP contribution in [-0.2, 0) is 0 Å². The van der Waals surface area contributed by atoms with Crippen LogP contribution in [0, 0.1) is 0 Å². The van der Waals surface area contributed by atoms with Crippen LogP contribution in [0.3, 0.4) is 0 Å². The van der Waals surface area contributed by atoms with Gasteiger partial charge in [-0.05, 0) is 50.9 Å². The van der Waals surface area contributed by atoms with Gasteiger partial charge in [0.2, 0.25) is 0 Å². The van der Waals surface area contributed by atoms with E-state index in [-0.39, 0.29) is 6.10 Å².